The summed E-state index contributed by atoms with van der Waals surface area (Å²) in [7, 11) is 9.65. The van der Waals surface area contributed by atoms with Crippen LogP contribution >= 0.6 is 0 Å². The highest BCUT2D eigenvalue weighted by atomic mass is 16.4. The van der Waals surface area contributed by atoms with Gasteiger partial charge in [-0.15, -0.1) is 0 Å². The molecule has 0 aromatic carbocycles. The number of hydrogen-bond donors (Lipinski definition) is 0. The summed E-state index contributed by atoms with van der Waals surface area (Å²) in [5, 5.41) is 0. The normalized spacial score (nSPS) is 13.2. The minimum Gasteiger partial charge on any atom is -0.428 e. The highest BCUT2D eigenvalue weighted by Gasteiger charge is 2.13. The fraction of sp³-hybridized carbons (Fsp3) is 0.769. The van der Waals surface area contributed by atoms with Gasteiger partial charge in [0.15, 0.2) is 0 Å². The second-order valence-corrected chi connectivity index (χ2v) is 3.76. The zero-order valence-electron chi connectivity index (χ0n) is 12.1. The molecular formula is C13H25BN2O. The molecule has 0 aliphatic heterocycles. The molecule has 96 valence electrons. The summed E-state index contributed by atoms with van der Waals surface area (Å²) in [4.78, 5) is 4.09. The first-order valence-electron chi connectivity index (χ1n) is 6.49. The van der Waals surface area contributed by atoms with E-state index in [0.717, 1.165) is 25.0 Å². The Morgan fingerprint density at radius 3 is 2.35 bits per heavy atom. The molecular weight excluding hydrogens is 211 g/mol. The van der Waals surface area contributed by atoms with Gasteiger partial charge in [0.2, 0.25) is 0 Å². The van der Waals surface area contributed by atoms with Crippen molar-refractivity contribution in [2.75, 3.05) is 7.05 Å². The molecule has 0 bridgehead atoms. The predicted octanol–water partition coefficient (Wildman–Crippen LogP) is 2.65. The van der Waals surface area contributed by atoms with Crippen LogP contribution in [0.3, 0.4) is 0 Å². The minimum absolute atomic E-state index is 0.172. The highest BCUT2D eigenvalue weighted by molar-refractivity contribution is 6.11. The van der Waals surface area contributed by atoms with Gasteiger partial charge in [0.05, 0.1) is 13.5 Å². The monoisotopic (exact) mass is 236 g/mol. The molecule has 2 radical (unpaired) electrons. The lowest BCUT2D eigenvalue weighted by atomic mass is 9.81. The van der Waals surface area contributed by atoms with E-state index < -0.39 is 0 Å². The fourth-order valence-corrected chi connectivity index (χ4v) is 1.71. The number of aromatic nitrogens is 1. The van der Waals surface area contributed by atoms with E-state index in [-0.39, 0.29) is 5.82 Å². The van der Waals surface area contributed by atoms with E-state index in [9.17, 15) is 0 Å². The van der Waals surface area contributed by atoms with E-state index in [1.807, 2.05) is 25.5 Å². The average molecular weight is 236 g/mol. The van der Waals surface area contributed by atoms with Crippen molar-refractivity contribution in [3.05, 3.63) is 17.1 Å². The quantitative estimate of drug-likeness (QED) is 0.739. The maximum atomic E-state index is 5.93. The Balaban J connectivity index is 0.00000121. The first-order valence-corrected chi connectivity index (χ1v) is 6.49. The Hall–Kier alpha value is -0.925. The molecule has 0 saturated carbocycles. The molecule has 0 aliphatic rings. The van der Waals surface area contributed by atoms with Crippen LogP contribution in [-0.2, 0) is 19.9 Å². The second-order valence-electron chi connectivity index (χ2n) is 3.76. The van der Waals surface area contributed by atoms with E-state index in [0.29, 0.717) is 5.68 Å². The molecule has 0 aliphatic carbocycles. The lowest BCUT2D eigenvalue weighted by Crippen LogP contribution is -2.13. The zero-order valence-corrected chi connectivity index (χ0v) is 12.1. The molecule has 0 amide bonds. The van der Waals surface area contributed by atoms with Crippen molar-refractivity contribution in [1.82, 2.24) is 4.57 Å². The smallest absolute Gasteiger partial charge is 0.296 e. The molecule has 1 atom stereocenters. The predicted molar refractivity (Wildman–Crippen MR) is 73.4 cm³/mol. The molecule has 17 heavy (non-hydrogen) atoms. The van der Waals surface area contributed by atoms with Crippen LogP contribution in [0.5, 0.6) is 0 Å². The third-order valence-electron chi connectivity index (χ3n) is 2.73. The number of rotatable bonds is 4. The van der Waals surface area contributed by atoms with Crippen molar-refractivity contribution in [3.8, 4) is 0 Å². The van der Waals surface area contributed by atoms with Gasteiger partial charge in [-0.2, -0.15) is 0 Å². The van der Waals surface area contributed by atoms with Crippen molar-refractivity contribution in [1.29, 1.82) is 0 Å². The van der Waals surface area contributed by atoms with E-state index >= 15 is 0 Å². The van der Waals surface area contributed by atoms with E-state index in [1.165, 1.54) is 5.69 Å². The van der Waals surface area contributed by atoms with Crippen LogP contribution in [0.15, 0.2) is 9.41 Å². The SMILES string of the molecule is CC.[B]C(CC)Cc1oc(=NC)n(C)c1CC. The zero-order chi connectivity index (χ0) is 13.4. The Morgan fingerprint density at radius 1 is 1.35 bits per heavy atom. The van der Waals surface area contributed by atoms with Crippen molar-refractivity contribution >= 4 is 7.85 Å². The van der Waals surface area contributed by atoms with Crippen LogP contribution in [0.4, 0.5) is 0 Å². The van der Waals surface area contributed by atoms with Crippen molar-refractivity contribution in [2.24, 2.45) is 12.0 Å². The highest BCUT2D eigenvalue weighted by Crippen LogP contribution is 2.17. The summed E-state index contributed by atoms with van der Waals surface area (Å²) in [5.74, 6) is 1.15. The molecule has 1 aromatic heterocycles. The van der Waals surface area contributed by atoms with Crippen molar-refractivity contribution < 1.29 is 4.42 Å². The summed E-state index contributed by atoms with van der Waals surface area (Å²) in [6.07, 6.45) is 2.70. The maximum Gasteiger partial charge on any atom is 0.296 e. The van der Waals surface area contributed by atoms with E-state index in [2.05, 4.69) is 18.8 Å². The van der Waals surface area contributed by atoms with Crippen LogP contribution in [0.2, 0.25) is 5.82 Å². The molecule has 4 heteroatoms. The molecule has 0 N–H and O–H groups in total. The molecule has 0 spiro atoms. The summed E-state index contributed by atoms with van der Waals surface area (Å²) >= 11 is 0. The van der Waals surface area contributed by atoms with Gasteiger partial charge >= 0.3 is 0 Å². The van der Waals surface area contributed by atoms with Gasteiger partial charge in [-0.3, -0.25) is 4.57 Å². The average Bonchev–Trinajstić information content (AvgIpc) is 2.67. The Bertz CT molecular complexity index is 379. The van der Waals surface area contributed by atoms with Gasteiger partial charge < -0.3 is 4.42 Å². The molecule has 3 nitrogen and oxygen atoms in total. The molecule has 1 rings (SSSR count). The second kappa shape index (κ2) is 8.21. The van der Waals surface area contributed by atoms with Crippen molar-refractivity contribution in [2.45, 2.75) is 52.8 Å². The lowest BCUT2D eigenvalue weighted by Gasteiger charge is -2.07. The van der Waals surface area contributed by atoms with Crippen LogP contribution in [-0.4, -0.2) is 19.5 Å². The Labute approximate surface area is 106 Å². The number of hydrogen-bond acceptors (Lipinski definition) is 2. The van der Waals surface area contributed by atoms with Gasteiger partial charge in [0.25, 0.3) is 5.68 Å². The number of oxazole rings is 1. The molecule has 1 aromatic rings. The Morgan fingerprint density at radius 2 is 1.94 bits per heavy atom. The first-order chi connectivity index (χ1) is 8.13. The minimum atomic E-state index is 0.172. The third kappa shape index (κ3) is 4.10. The van der Waals surface area contributed by atoms with Crippen LogP contribution in [0.25, 0.3) is 0 Å². The Kier molecular flexibility index (Phi) is 7.76. The van der Waals surface area contributed by atoms with Crippen LogP contribution in [0, 0.1) is 0 Å². The van der Waals surface area contributed by atoms with Crippen LogP contribution < -0.4 is 5.68 Å². The van der Waals surface area contributed by atoms with Gasteiger partial charge in [0, 0.05) is 20.5 Å². The molecule has 0 saturated heterocycles. The summed E-state index contributed by atoms with van der Waals surface area (Å²) in [6, 6.07) is 0. The van der Waals surface area contributed by atoms with Gasteiger partial charge in [0.1, 0.15) is 5.76 Å². The van der Waals surface area contributed by atoms with Gasteiger partial charge in [-0.05, 0) is 6.42 Å². The molecule has 1 unspecified atom stereocenters. The molecule has 1 heterocycles. The van der Waals surface area contributed by atoms with E-state index in [4.69, 9.17) is 12.3 Å². The topological polar surface area (TPSA) is 30.4 Å². The third-order valence-corrected chi connectivity index (χ3v) is 2.73. The maximum absolute atomic E-state index is 5.93. The fourth-order valence-electron chi connectivity index (χ4n) is 1.71. The van der Waals surface area contributed by atoms with Gasteiger partial charge in [-0.25, -0.2) is 4.99 Å². The largest absolute Gasteiger partial charge is 0.428 e. The van der Waals surface area contributed by atoms with Gasteiger partial charge in [-0.1, -0.05) is 39.9 Å². The van der Waals surface area contributed by atoms with Crippen molar-refractivity contribution in [3.63, 3.8) is 0 Å². The van der Waals surface area contributed by atoms with Crippen LogP contribution in [0.1, 0.15) is 45.6 Å². The summed E-state index contributed by atoms with van der Waals surface area (Å²) in [6.45, 7) is 8.20. The molecule has 0 fully saturated rings. The first kappa shape index (κ1) is 16.1. The number of nitrogens with zero attached hydrogens (tertiary/aromatic N) is 2. The summed E-state index contributed by atoms with van der Waals surface area (Å²) < 4.78 is 7.67. The van der Waals surface area contributed by atoms with E-state index in [1.54, 1.807) is 7.05 Å². The standard InChI is InChI=1S/C11H19BN2O.C2H6/c1-5-8(12)7-10-9(6-2)14(4)11(13-3)15-10;1-2/h8H,5-7H2,1-4H3;1-2H3. The summed E-state index contributed by atoms with van der Waals surface area (Å²) in [5.41, 5.74) is 1.87. The lowest BCUT2D eigenvalue weighted by molar-refractivity contribution is 0.434.